The zero-order valence-corrected chi connectivity index (χ0v) is 17.4. The minimum Gasteiger partial charge on any atom is -0.368 e. The molecule has 29 heavy (non-hydrogen) atoms. The van der Waals surface area contributed by atoms with Crippen molar-refractivity contribution >= 4 is 11.8 Å². The molecule has 154 valence electrons. The van der Waals surface area contributed by atoms with Crippen molar-refractivity contribution in [2.75, 3.05) is 0 Å². The van der Waals surface area contributed by atoms with Crippen LogP contribution in [-0.2, 0) is 21.4 Å². The van der Waals surface area contributed by atoms with E-state index in [1.165, 1.54) is 6.42 Å². The fourth-order valence-corrected chi connectivity index (χ4v) is 4.54. The molecule has 0 spiro atoms. The van der Waals surface area contributed by atoms with E-state index >= 15 is 0 Å². The Labute approximate surface area is 173 Å². The number of hydrogen-bond acceptors (Lipinski definition) is 3. The predicted molar refractivity (Wildman–Crippen MR) is 114 cm³/mol. The Morgan fingerprint density at radius 3 is 2.38 bits per heavy atom. The van der Waals surface area contributed by atoms with Crippen molar-refractivity contribution in [3.05, 3.63) is 65.5 Å². The lowest BCUT2D eigenvalue weighted by molar-refractivity contribution is -0.131. The van der Waals surface area contributed by atoms with Crippen molar-refractivity contribution in [1.82, 2.24) is 10.3 Å². The third-order valence-electron chi connectivity index (χ3n) is 6.16. The van der Waals surface area contributed by atoms with Gasteiger partial charge in [-0.3, -0.25) is 14.6 Å². The molecule has 1 fully saturated rings. The lowest BCUT2D eigenvalue weighted by Crippen LogP contribution is -2.59. The molecule has 3 N–H and O–H groups in total. The van der Waals surface area contributed by atoms with E-state index < -0.39 is 11.4 Å². The van der Waals surface area contributed by atoms with Crippen LogP contribution in [-0.4, -0.2) is 22.3 Å². The maximum absolute atomic E-state index is 12.8. The highest BCUT2D eigenvalue weighted by atomic mass is 16.2. The van der Waals surface area contributed by atoms with Crippen LogP contribution in [0, 0.1) is 6.92 Å². The molecule has 0 saturated heterocycles. The van der Waals surface area contributed by atoms with E-state index in [0.717, 1.165) is 42.5 Å². The van der Waals surface area contributed by atoms with Crippen molar-refractivity contribution in [2.24, 2.45) is 5.73 Å². The van der Waals surface area contributed by atoms with Crippen LogP contribution < -0.4 is 11.1 Å². The SMILES string of the molecule is Cc1ccc(CC(=O)NC(C)(CC2(c3ccccn3)CCCCC2)C(N)=O)cc1. The summed E-state index contributed by atoms with van der Waals surface area (Å²) in [6.45, 7) is 3.76. The van der Waals surface area contributed by atoms with Gasteiger partial charge in [-0.05, 0) is 50.8 Å². The number of carbonyl (C=O) groups is 2. The molecule has 1 heterocycles. The number of amides is 2. The number of aromatic nitrogens is 1. The van der Waals surface area contributed by atoms with E-state index in [9.17, 15) is 9.59 Å². The van der Waals surface area contributed by atoms with Gasteiger partial charge in [0.2, 0.25) is 11.8 Å². The number of nitrogens with zero attached hydrogens (tertiary/aromatic N) is 1. The van der Waals surface area contributed by atoms with Crippen LogP contribution in [0.5, 0.6) is 0 Å². The smallest absolute Gasteiger partial charge is 0.242 e. The minimum absolute atomic E-state index is 0.192. The maximum Gasteiger partial charge on any atom is 0.242 e. The summed E-state index contributed by atoms with van der Waals surface area (Å²) in [5.41, 5.74) is 7.48. The summed E-state index contributed by atoms with van der Waals surface area (Å²) < 4.78 is 0. The summed E-state index contributed by atoms with van der Waals surface area (Å²) in [7, 11) is 0. The average Bonchev–Trinajstić information content (AvgIpc) is 2.71. The van der Waals surface area contributed by atoms with E-state index in [1.54, 1.807) is 13.1 Å². The van der Waals surface area contributed by atoms with E-state index in [-0.39, 0.29) is 17.7 Å². The van der Waals surface area contributed by atoms with Gasteiger partial charge in [0.15, 0.2) is 0 Å². The molecule has 3 rings (SSSR count). The van der Waals surface area contributed by atoms with Crippen LogP contribution in [0.1, 0.15) is 62.3 Å². The molecule has 1 aromatic heterocycles. The molecule has 1 saturated carbocycles. The average molecular weight is 394 g/mol. The van der Waals surface area contributed by atoms with E-state index in [1.807, 2.05) is 49.4 Å². The molecule has 0 radical (unpaired) electrons. The largest absolute Gasteiger partial charge is 0.368 e. The summed E-state index contributed by atoms with van der Waals surface area (Å²) in [4.78, 5) is 29.9. The van der Waals surface area contributed by atoms with Gasteiger partial charge in [-0.1, -0.05) is 55.2 Å². The molecule has 1 unspecified atom stereocenters. The number of pyridine rings is 1. The third-order valence-corrected chi connectivity index (χ3v) is 6.16. The van der Waals surface area contributed by atoms with Gasteiger partial charge in [0.1, 0.15) is 5.54 Å². The summed E-state index contributed by atoms with van der Waals surface area (Å²) >= 11 is 0. The number of carbonyl (C=O) groups excluding carboxylic acids is 2. The molecule has 2 amide bonds. The number of rotatable bonds is 7. The quantitative estimate of drug-likeness (QED) is 0.754. The zero-order valence-electron chi connectivity index (χ0n) is 17.4. The first kappa shape index (κ1) is 21.0. The first-order chi connectivity index (χ1) is 13.8. The standard InChI is InChI=1S/C24H31N3O2/c1-18-9-11-19(12-10-18)16-21(28)27-23(2,22(25)29)17-24(13-5-3-6-14-24)20-8-4-7-15-26-20/h4,7-12,15H,3,5-6,13-14,16-17H2,1-2H3,(H2,25,29)(H,27,28). The van der Waals surface area contributed by atoms with Gasteiger partial charge < -0.3 is 11.1 Å². The van der Waals surface area contributed by atoms with Crippen LogP contribution in [0.2, 0.25) is 0 Å². The van der Waals surface area contributed by atoms with Gasteiger partial charge in [-0.15, -0.1) is 0 Å². The van der Waals surface area contributed by atoms with Crippen LogP contribution in [0.3, 0.4) is 0 Å². The Kier molecular flexibility index (Phi) is 6.36. The Balaban J connectivity index is 1.81. The second kappa shape index (κ2) is 8.76. The number of hydrogen-bond donors (Lipinski definition) is 2. The Morgan fingerprint density at radius 2 is 1.79 bits per heavy atom. The predicted octanol–water partition coefficient (Wildman–Crippen LogP) is 3.58. The molecular formula is C24H31N3O2. The third kappa shape index (κ3) is 5.03. The molecule has 2 aromatic rings. The number of benzene rings is 1. The Bertz CT molecular complexity index is 842. The first-order valence-electron chi connectivity index (χ1n) is 10.4. The van der Waals surface area contributed by atoms with Gasteiger partial charge in [-0.2, -0.15) is 0 Å². The van der Waals surface area contributed by atoms with Gasteiger partial charge >= 0.3 is 0 Å². The number of primary amides is 1. The summed E-state index contributed by atoms with van der Waals surface area (Å²) in [6, 6.07) is 13.7. The lowest BCUT2D eigenvalue weighted by Gasteiger charge is -2.42. The zero-order chi connectivity index (χ0) is 20.9. The normalized spacial score (nSPS) is 17.9. The van der Waals surface area contributed by atoms with Gasteiger partial charge in [0, 0.05) is 17.3 Å². The molecule has 0 bridgehead atoms. The molecule has 5 heteroatoms. The molecule has 5 nitrogen and oxygen atoms in total. The van der Waals surface area contributed by atoms with Crippen LogP contribution in [0.4, 0.5) is 0 Å². The molecule has 1 aliphatic carbocycles. The highest BCUT2D eigenvalue weighted by Crippen LogP contribution is 2.44. The van der Waals surface area contributed by atoms with E-state index in [4.69, 9.17) is 5.73 Å². The number of nitrogens with two attached hydrogens (primary N) is 1. The van der Waals surface area contributed by atoms with Gasteiger partial charge in [0.05, 0.1) is 6.42 Å². The number of aryl methyl sites for hydroxylation is 1. The minimum atomic E-state index is -1.13. The molecule has 0 aliphatic heterocycles. The van der Waals surface area contributed by atoms with Crippen LogP contribution >= 0.6 is 0 Å². The van der Waals surface area contributed by atoms with Crippen molar-refractivity contribution in [3.8, 4) is 0 Å². The first-order valence-corrected chi connectivity index (χ1v) is 10.4. The lowest BCUT2D eigenvalue weighted by atomic mass is 9.65. The molecular weight excluding hydrogens is 362 g/mol. The van der Waals surface area contributed by atoms with Crippen molar-refractivity contribution in [1.29, 1.82) is 0 Å². The van der Waals surface area contributed by atoms with Gasteiger partial charge in [0.25, 0.3) is 0 Å². The van der Waals surface area contributed by atoms with E-state index in [0.29, 0.717) is 6.42 Å². The Hall–Kier alpha value is -2.69. The second-order valence-corrected chi connectivity index (χ2v) is 8.64. The molecule has 1 aromatic carbocycles. The summed E-state index contributed by atoms with van der Waals surface area (Å²) in [5, 5.41) is 2.96. The van der Waals surface area contributed by atoms with E-state index in [2.05, 4.69) is 10.3 Å². The maximum atomic E-state index is 12.8. The van der Waals surface area contributed by atoms with Gasteiger partial charge in [-0.25, -0.2) is 0 Å². The molecule has 1 atom stereocenters. The van der Waals surface area contributed by atoms with Crippen molar-refractivity contribution in [3.63, 3.8) is 0 Å². The van der Waals surface area contributed by atoms with Crippen LogP contribution in [0.15, 0.2) is 48.7 Å². The highest BCUT2D eigenvalue weighted by molar-refractivity contribution is 5.90. The van der Waals surface area contributed by atoms with Crippen molar-refractivity contribution in [2.45, 2.75) is 69.7 Å². The van der Waals surface area contributed by atoms with Crippen molar-refractivity contribution < 1.29 is 9.59 Å². The molecule has 1 aliphatic rings. The summed E-state index contributed by atoms with van der Waals surface area (Å²) in [5.74, 6) is -0.697. The topological polar surface area (TPSA) is 85.1 Å². The second-order valence-electron chi connectivity index (χ2n) is 8.64. The highest BCUT2D eigenvalue weighted by Gasteiger charge is 2.45. The van der Waals surface area contributed by atoms with Crippen LogP contribution in [0.25, 0.3) is 0 Å². The fraction of sp³-hybridized carbons (Fsp3) is 0.458. The Morgan fingerprint density at radius 1 is 1.10 bits per heavy atom. The fourth-order valence-electron chi connectivity index (χ4n) is 4.54. The monoisotopic (exact) mass is 393 g/mol. The summed E-state index contributed by atoms with van der Waals surface area (Å²) in [6.07, 6.45) is 7.73. The number of nitrogens with one attached hydrogen (secondary N) is 1.